The SMILES string of the molecule is CCCNC1CCCCCC1OC1CCC(C)(C)CC1. The molecule has 2 fully saturated rings. The minimum atomic E-state index is 0.468. The summed E-state index contributed by atoms with van der Waals surface area (Å²) in [6, 6.07) is 0.604. The molecule has 1 N–H and O–H groups in total. The molecule has 0 spiro atoms. The standard InChI is InChI=1S/C18H35NO/c1-4-14-19-16-8-6-5-7-9-17(16)20-15-10-12-18(2,3)13-11-15/h15-17,19H,4-14H2,1-3H3. The van der Waals surface area contributed by atoms with Crippen LogP contribution < -0.4 is 5.32 Å². The normalized spacial score (nSPS) is 31.9. The van der Waals surface area contributed by atoms with Crippen LogP contribution in [0.4, 0.5) is 0 Å². The van der Waals surface area contributed by atoms with Crippen LogP contribution in [0.3, 0.4) is 0 Å². The monoisotopic (exact) mass is 281 g/mol. The molecule has 0 heterocycles. The summed E-state index contributed by atoms with van der Waals surface area (Å²) in [5.41, 5.74) is 0.545. The molecule has 2 rings (SSSR count). The highest BCUT2D eigenvalue weighted by atomic mass is 16.5. The highest BCUT2D eigenvalue weighted by Gasteiger charge is 2.31. The quantitative estimate of drug-likeness (QED) is 0.739. The van der Waals surface area contributed by atoms with Crippen LogP contribution >= 0.6 is 0 Å². The maximum absolute atomic E-state index is 6.55. The summed E-state index contributed by atoms with van der Waals surface area (Å²) in [4.78, 5) is 0. The van der Waals surface area contributed by atoms with Crippen molar-refractivity contribution in [2.24, 2.45) is 5.41 Å². The highest BCUT2D eigenvalue weighted by Crippen LogP contribution is 2.37. The van der Waals surface area contributed by atoms with Crippen molar-refractivity contribution >= 4 is 0 Å². The van der Waals surface area contributed by atoms with E-state index in [1.807, 2.05) is 0 Å². The second-order valence-corrected chi connectivity index (χ2v) is 7.74. The molecule has 0 saturated heterocycles. The molecule has 0 bridgehead atoms. The van der Waals surface area contributed by atoms with Crippen molar-refractivity contribution < 1.29 is 4.74 Å². The first-order chi connectivity index (χ1) is 9.61. The Morgan fingerprint density at radius 2 is 1.70 bits per heavy atom. The first-order valence-corrected chi connectivity index (χ1v) is 8.99. The van der Waals surface area contributed by atoms with Crippen LogP contribution in [0.15, 0.2) is 0 Å². The van der Waals surface area contributed by atoms with Gasteiger partial charge in [0.25, 0.3) is 0 Å². The zero-order valence-electron chi connectivity index (χ0n) is 13.9. The Hall–Kier alpha value is -0.0800. The van der Waals surface area contributed by atoms with E-state index in [0.29, 0.717) is 23.7 Å². The predicted octanol–water partition coefficient (Wildman–Crippen LogP) is 4.67. The molecular weight excluding hydrogens is 246 g/mol. The number of hydrogen-bond acceptors (Lipinski definition) is 2. The smallest absolute Gasteiger partial charge is 0.0731 e. The van der Waals surface area contributed by atoms with Gasteiger partial charge in [0.2, 0.25) is 0 Å². The van der Waals surface area contributed by atoms with Gasteiger partial charge in [-0.1, -0.05) is 40.0 Å². The van der Waals surface area contributed by atoms with Gasteiger partial charge in [0, 0.05) is 6.04 Å². The Labute approximate surface area is 126 Å². The lowest BCUT2D eigenvalue weighted by atomic mass is 9.76. The van der Waals surface area contributed by atoms with E-state index in [1.165, 1.54) is 64.2 Å². The first kappa shape index (κ1) is 16.3. The molecule has 2 aliphatic carbocycles. The van der Waals surface area contributed by atoms with Crippen molar-refractivity contribution in [3.8, 4) is 0 Å². The predicted molar refractivity (Wildman–Crippen MR) is 86.1 cm³/mol. The third kappa shape index (κ3) is 5.04. The second kappa shape index (κ2) is 7.79. The largest absolute Gasteiger partial charge is 0.373 e. The zero-order chi connectivity index (χ0) is 14.4. The van der Waals surface area contributed by atoms with Crippen LogP contribution in [-0.2, 0) is 4.74 Å². The van der Waals surface area contributed by atoms with Crippen molar-refractivity contribution in [2.75, 3.05) is 6.54 Å². The lowest BCUT2D eigenvalue weighted by molar-refractivity contribution is -0.0621. The Bertz CT molecular complexity index is 267. The van der Waals surface area contributed by atoms with Gasteiger partial charge in [-0.25, -0.2) is 0 Å². The van der Waals surface area contributed by atoms with E-state index in [0.717, 1.165) is 6.54 Å². The molecule has 2 saturated carbocycles. The van der Waals surface area contributed by atoms with E-state index in [4.69, 9.17) is 4.74 Å². The van der Waals surface area contributed by atoms with Gasteiger partial charge >= 0.3 is 0 Å². The summed E-state index contributed by atoms with van der Waals surface area (Å²) < 4.78 is 6.55. The highest BCUT2D eigenvalue weighted by molar-refractivity contribution is 4.84. The number of nitrogens with one attached hydrogen (secondary N) is 1. The van der Waals surface area contributed by atoms with E-state index in [2.05, 4.69) is 26.1 Å². The molecule has 0 aromatic heterocycles. The third-order valence-electron chi connectivity index (χ3n) is 5.26. The van der Waals surface area contributed by atoms with Crippen LogP contribution in [-0.4, -0.2) is 24.8 Å². The van der Waals surface area contributed by atoms with E-state index in [-0.39, 0.29) is 0 Å². The molecule has 2 nitrogen and oxygen atoms in total. The molecule has 0 aromatic carbocycles. The summed E-state index contributed by atoms with van der Waals surface area (Å²) >= 11 is 0. The van der Waals surface area contributed by atoms with Gasteiger partial charge in [-0.05, 0) is 56.9 Å². The van der Waals surface area contributed by atoms with E-state index in [9.17, 15) is 0 Å². The Morgan fingerprint density at radius 3 is 2.40 bits per heavy atom. The molecule has 2 atom stereocenters. The van der Waals surface area contributed by atoms with Crippen molar-refractivity contribution in [1.29, 1.82) is 0 Å². The fourth-order valence-corrected chi connectivity index (χ4v) is 3.76. The number of rotatable bonds is 5. The second-order valence-electron chi connectivity index (χ2n) is 7.74. The maximum Gasteiger partial charge on any atom is 0.0731 e. The van der Waals surface area contributed by atoms with Gasteiger partial charge in [0.05, 0.1) is 12.2 Å². The van der Waals surface area contributed by atoms with Crippen molar-refractivity contribution in [3.63, 3.8) is 0 Å². The molecule has 0 aliphatic heterocycles. The average Bonchev–Trinajstić information content (AvgIpc) is 2.64. The van der Waals surface area contributed by atoms with Gasteiger partial charge < -0.3 is 10.1 Å². The van der Waals surface area contributed by atoms with Gasteiger partial charge in [-0.3, -0.25) is 0 Å². The third-order valence-corrected chi connectivity index (χ3v) is 5.26. The molecule has 0 radical (unpaired) electrons. The van der Waals surface area contributed by atoms with Crippen molar-refractivity contribution in [2.45, 2.75) is 103 Å². The number of hydrogen-bond donors (Lipinski definition) is 1. The Kier molecular flexibility index (Phi) is 6.35. The van der Waals surface area contributed by atoms with Crippen LogP contribution in [0.25, 0.3) is 0 Å². The summed E-state index contributed by atoms with van der Waals surface area (Å²) in [5.74, 6) is 0. The summed E-state index contributed by atoms with van der Waals surface area (Å²) in [5, 5.41) is 3.74. The minimum absolute atomic E-state index is 0.468. The molecule has 2 unspecified atom stereocenters. The summed E-state index contributed by atoms with van der Waals surface area (Å²) in [7, 11) is 0. The van der Waals surface area contributed by atoms with Crippen LogP contribution in [0, 0.1) is 5.41 Å². The average molecular weight is 281 g/mol. The lowest BCUT2D eigenvalue weighted by Crippen LogP contribution is -2.43. The van der Waals surface area contributed by atoms with Crippen LogP contribution in [0.1, 0.15) is 85.0 Å². The maximum atomic E-state index is 6.55. The molecule has 2 heteroatoms. The molecule has 0 amide bonds. The fourth-order valence-electron chi connectivity index (χ4n) is 3.76. The molecule has 20 heavy (non-hydrogen) atoms. The van der Waals surface area contributed by atoms with Crippen molar-refractivity contribution in [1.82, 2.24) is 5.32 Å². The van der Waals surface area contributed by atoms with Gasteiger partial charge in [0.15, 0.2) is 0 Å². The van der Waals surface area contributed by atoms with E-state index >= 15 is 0 Å². The van der Waals surface area contributed by atoms with Crippen molar-refractivity contribution in [3.05, 3.63) is 0 Å². The Morgan fingerprint density at radius 1 is 1.00 bits per heavy atom. The molecule has 118 valence electrons. The van der Waals surface area contributed by atoms with Crippen LogP contribution in [0.2, 0.25) is 0 Å². The summed E-state index contributed by atoms with van der Waals surface area (Å²) in [6.07, 6.45) is 14.1. The van der Waals surface area contributed by atoms with Gasteiger partial charge in [-0.15, -0.1) is 0 Å². The fraction of sp³-hybridized carbons (Fsp3) is 1.00. The molecular formula is C18H35NO. The van der Waals surface area contributed by atoms with Crippen LogP contribution in [0.5, 0.6) is 0 Å². The van der Waals surface area contributed by atoms with Gasteiger partial charge in [-0.2, -0.15) is 0 Å². The topological polar surface area (TPSA) is 21.3 Å². The van der Waals surface area contributed by atoms with Gasteiger partial charge in [0.1, 0.15) is 0 Å². The first-order valence-electron chi connectivity index (χ1n) is 8.99. The molecule has 2 aliphatic rings. The Balaban J connectivity index is 1.84. The lowest BCUT2D eigenvalue weighted by Gasteiger charge is -2.37. The zero-order valence-corrected chi connectivity index (χ0v) is 13.9. The minimum Gasteiger partial charge on any atom is -0.373 e. The molecule has 0 aromatic rings. The van der Waals surface area contributed by atoms with E-state index < -0.39 is 0 Å². The summed E-state index contributed by atoms with van der Waals surface area (Å²) in [6.45, 7) is 8.20. The number of ether oxygens (including phenoxy) is 1. The van der Waals surface area contributed by atoms with E-state index in [1.54, 1.807) is 0 Å².